The maximum Gasteiger partial charge on any atom is 0.289 e. The highest BCUT2D eigenvalue weighted by atomic mass is 16.6. The van der Waals surface area contributed by atoms with E-state index in [9.17, 15) is 10.1 Å². The molecule has 0 spiro atoms. The monoisotopic (exact) mass is 261 g/mol. The van der Waals surface area contributed by atoms with Gasteiger partial charge in [0, 0.05) is 24.3 Å². The average molecular weight is 261 g/mol. The third-order valence-electron chi connectivity index (χ3n) is 3.24. The lowest BCUT2D eigenvalue weighted by Gasteiger charge is -2.38. The molecule has 19 heavy (non-hydrogen) atoms. The summed E-state index contributed by atoms with van der Waals surface area (Å²) in [6.07, 6.45) is 0.0888. The quantitative estimate of drug-likeness (QED) is 0.601. The maximum absolute atomic E-state index is 11.0. The summed E-state index contributed by atoms with van der Waals surface area (Å²) in [4.78, 5) is 12.5. The first kappa shape index (κ1) is 13.3. The highest BCUT2D eigenvalue weighted by Crippen LogP contribution is 2.28. The van der Waals surface area contributed by atoms with E-state index in [4.69, 9.17) is 10.00 Å². The van der Waals surface area contributed by atoms with Crippen LogP contribution in [-0.4, -0.2) is 30.2 Å². The summed E-state index contributed by atoms with van der Waals surface area (Å²) >= 11 is 0. The van der Waals surface area contributed by atoms with E-state index in [1.54, 1.807) is 6.07 Å². The van der Waals surface area contributed by atoms with Crippen LogP contribution in [0.5, 0.6) is 0 Å². The van der Waals surface area contributed by atoms with Crippen molar-refractivity contribution in [2.75, 3.05) is 18.1 Å². The van der Waals surface area contributed by atoms with E-state index in [1.165, 1.54) is 12.1 Å². The van der Waals surface area contributed by atoms with Gasteiger partial charge in [-0.3, -0.25) is 10.1 Å². The molecule has 0 radical (unpaired) electrons. The fraction of sp³-hybridized carbons (Fsp3) is 0.462. The second kappa shape index (κ2) is 5.24. The fourth-order valence-corrected chi connectivity index (χ4v) is 2.21. The zero-order valence-electron chi connectivity index (χ0n) is 10.9. The first-order valence-electron chi connectivity index (χ1n) is 6.09. The highest BCUT2D eigenvalue weighted by Gasteiger charge is 2.25. The number of hydrogen-bond donors (Lipinski definition) is 0. The topological polar surface area (TPSA) is 79.4 Å². The van der Waals surface area contributed by atoms with E-state index < -0.39 is 4.92 Å². The van der Waals surface area contributed by atoms with Crippen LogP contribution in [0.1, 0.15) is 19.4 Å². The van der Waals surface area contributed by atoms with Crippen molar-refractivity contribution in [2.24, 2.45) is 0 Å². The van der Waals surface area contributed by atoms with Crippen molar-refractivity contribution < 1.29 is 9.66 Å². The lowest BCUT2D eigenvalue weighted by molar-refractivity contribution is -0.385. The second-order valence-electron chi connectivity index (χ2n) is 4.72. The van der Waals surface area contributed by atoms with E-state index in [-0.39, 0.29) is 23.4 Å². The normalized spacial score (nSPS) is 22.9. The number of benzene rings is 1. The van der Waals surface area contributed by atoms with Crippen molar-refractivity contribution in [1.82, 2.24) is 0 Å². The fourth-order valence-electron chi connectivity index (χ4n) is 2.21. The van der Waals surface area contributed by atoms with Crippen molar-refractivity contribution in [3.63, 3.8) is 0 Å². The molecule has 1 aromatic carbocycles. The molecule has 2 unspecified atom stereocenters. The first-order chi connectivity index (χ1) is 9.02. The Hall–Kier alpha value is -2.13. The minimum absolute atomic E-state index is 0.0858. The number of ether oxygens (including phenoxy) is 1. The lowest BCUT2D eigenvalue weighted by Crippen LogP contribution is -2.47. The number of nitro groups is 1. The summed E-state index contributed by atoms with van der Waals surface area (Å²) in [6, 6.07) is 6.71. The Bertz CT molecular complexity index is 538. The SMILES string of the molecule is CC1CN(c2ccc(C#N)c([N+](=O)[O-])c2)C(C)CO1. The molecule has 0 saturated carbocycles. The molecular formula is C13H15N3O3. The van der Waals surface area contributed by atoms with Crippen LogP contribution in [0.3, 0.4) is 0 Å². The molecule has 1 aromatic rings. The summed E-state index contributed by atoms with van der Waals surface area (Å²) in [5.74, 6) is 0. The largest absolute Gasteiger partial charge is 0.375 e. The Labute approximate surface area is 111 Å². The Kier molecular flexibility index (Phi) is 3.67. The summed E-state index contributed by atoms with van der Waals surface area (Å²) in [5.41, 5.74) is 0.697. The van der Waals surface area contributed by atoms with Gasteiger partial charge in [0.1, 0.15) is 11.6 Å². The van der Waals surface area contributed by atoms with Gasteiger partial charge in [0.15, 0.2) is 0 Å². The van der Waals surface area contributed by atoms with Crippen molar-refractivity contribution in [3.8, 4) is 6.07 Å². The smallest absolute Gasteiger partial charge is 0.289 e. The summed E-state index contributed by atoms with van der Waals surface area (Å²) in [7, 11) is 0. The second-order valence-corrected chi connectivity index (χ2v) is 4.72. The van der Waals surface area contributed by atoms with Crippen LogP contribution in [0, 0.1) is 21.4 Å². The van der Waals surface area contributed by atoms with Gasteiger partial charge in [0.05, 0.1) is 17.6 Å². The molecule has 0 aliphatic carbocycles. The average Bonchev–Trinajstić information content (AvgIpc) is 2.40. The van der Waals surface area contributed by atoms with Gasteiger partial charge in [0.25, 0.3) is 5.69 Å². The van der Waals surface area contributed by atoms with E-state index in [1.807, 2.05) is 19.9 Å². The molecule has 1 heterocycles. The zero-order chi connectivity index (χ0) is 14.0. The van der Waals surface area contributed by atoms with Gasteiger partial charge in [0.2, 0.25) is 0 Å². The van der Waals surface area contributed by atoms with Gasteiger partial charge in [-0.15, -0.1) is 0 Å². The molecule has 1 saturated heterocycles. The van der Waals surface area contributed by atoms with Gasteiger partial charge in [-0.2, -0.15) is 5.26 Å². The molecule has 6 heteroatoms. The molecule has 100 valence electrons. The van der Waals surface area contributed by atoms with Crippen molar-refractivity contribution in [1.29, 1.82) is 5.26 Å². The van der Waals surface area contributed by atoms with E-state index in [0.29, 0.717) is 13.2 Å². The first-order valence-corrected chi connectivity index (χ1v) is 6.09. The molecular weight excluding hydrogens is 246 g/mol. The molecule has 1 fully saturated rings. The summed E-state index contributed by atoms with van der Waals surface area (Å²) in [5, 5.41) is 19.8. The van der Waals surface area contributed by atoms with E-state index in [2.05, 4.69) is 4.90 Å². The van der Waals surface area contributed by atoms with Crippen LogP contribution in [-0.2, 0) is 4.74 Å². The number of morpholine rings is 1. The molecule has 0 N–H and O–H groups in total. The molecule has 2 atom stereocenters. The molecule has 1 aliphatic heterocycles. The van der Waals surface area contributed by atoms with Crippen molar-refractivity contribution >= 4 is 11.4 Å². The minimum atomic E-state index is -0.517. The van der Waals surface area contributed by atoms with Crippen LogP contribution < -0.4 is 4.90 Å². The van der Waals surface area contributed by atoms with Crippen LogP contribution >= 0.6 is 0 Å². The Morgan fingerprint density at radius 3 is 2.89 bits per heavy atom. The predicted molar refractivity (Wildman–Crippen MR) is 70.0 cm³/mol. The zero-order valence-corrected chi connectivity index (χ0v) is 10.9. The van der Waals surface area contributed by atoms with Crippen LogP contribution in [0.4, 0.5) is 11.4 Å². The third-order valence-corrected chi connectivity index (χ3v) is 3.24. The number of nitro benzene ring substituents is 1. The maximum atomic E-state index is 11.0. The molecule has 0 bridgehead atoms. The van der Waals surface area contributed by atoms with Gasteiger partial charge < -0.3 is 9.64 Å². The van der Waals surface area contributed by atoms with Crippen LogP contribution in [0.2, 0.25) is 0 Å². The van der Waals surface area contributed by atoms with Crippen LogP contribution in [0.15, 0.2) is 18.2 Å². The van der Waals surface area contributed by atoms with Gasteiger partial charge in [-0.05, 0) is 26.0 Å². The standard InChI is InChI=1S/C13H15N3O3/c1-9-8-19-10(2)7-15(9)12-4-3-11(6-14)13(5-12)16(17)18/h3-5,9-10H,7-8H2,1-2H3. The Morgan fingerprint density at radius 2 is 2.26 bits per heavy atom. The number of rotatable bonds is 2. The summed E-state index contributed by atoms with van der Waals surface area (Å²) in [6.45, 7) is 5.26. The number of anilines is 1. The van der Waals surface area contributed by atoms with Gasteiger partial charge in [-0.1, -0.05) is 0 Å². The number of nitrogens with zero attached hydrogens (tertiary/aromatic N) is 3. The van der Waals surface area contributed by atoms with Gasteiger partial charge >= 0.3 is 0 Å². The number of nitriles is 1. The molecule has 6 nitrogen and oxygen atoms in total. The third kappa shape index (κ3) is 2.66. The van der Waals surface area contributed by atoms with Gasteiger partial charge in [-0.25, -0.2) is 0 Å². The van der Waals surface area contributed by atoms with Crippen molar-refractivity contribution in [2.45, 2.75) is 26.0 Å². The van der Waals surface area contributed by atoms with Crippen LogP contribution in [0.25, 0.3) is 0 Å². The summed E-state index contributed by atoms with van der Waals surface area (Å²) < 4.78 is 5.54. The molecule has 0 aromatic heterocycles. The Balaban J connectivity index is 2.37. The predicted octanol–water partition coefficient (Wildman–Crippen LogP) is 2.08. The highest BCUT2D eigenvalue weighted by molar-refractivity contribution is 5.60. The van der Waals surface area contributed by atoms with E-state index >= 15 is 0 Å². The lowest BCUT2D eigenvalue weighted by atomic mass is 10.1. The Morgan fingerprint density at radius 1 is 1.53 bits per heavy atom. The molecule has 0 amide bonds. The number of hydrogen-bond acceptors (Lipinski definition) is 5. The van der Waals surface area contributed by atoms with Crippen molar-refractivity contribution in [3.05, 3.63) is 33.9 Å². The molecule has 2 rings (SSSR count). The molecule has 1 aliphatic rings. The van der Waals surface area contributed by atoms with E-state index in [0.717, 1.165) is 5.69 Å². The minimum Gasteiger partial charge on any atom is -0.375 e.